The Hall–Kier alpha value is -0.460. The minimum absolute atomic E-state index is 0.829. The van der Waals surface area contributed by atoms with Crippen molar-refractivity contribution >= 4 is 0 Å². The lowest BCUT2D eigenvalue weighted by Crippen LogP contribution is -1.64. The second kappa shape index (κ2) is 5.54. The van der Waals surface area contributed by atoms with Crippen molar-refractivity contribution in [3.05, 3.63) is 19.3 Å². The van der Waals surface area contributed by atoms with Crippen LogP contribution in [-0.4, -0.2) is 0 Å². The van der Waals surface area contributed by atoms with Gasteiger partial charge in [0.05, 0.1) is 0 Å². The zero-order valence-electron chi connectivity index (χ0n) is 4.39. The highest BCUT2D eigenvalue weighted by molar-refractivity contribution is 4.70. The van der Waals surface area contributed by atoms with Crippen molar-refractivity contribution in [1.29, 1.82) is 0 Å². The van der Waals surface area contributed by atoms with Crippen molar-refractivity contribution in [3.8, 4) is 0 Å². The molecular weight excluding hydrogens is 88.1 g/mol. The summed E-state index contributed by atoms with van der Waals surface area (Å²) in [6.45, 7) is 3.62. The fourth-order valence-electron chi connectivity index (χ4n) is 0.330. The lowest BCUT2D eigenvalue weighted by atomic mass is 10.2. The summed E-state index contributed by atoms with van der Waals surface area (Å²) in [4.78, 5) is 0. The summed E-state index contributed by atoms with van der Waals surface area (Å²) < 4.78 is 0. The highest BCUT2D eigenvalue weighted by atomic mass is 16.2. The van der Waals surface area contributed by atoms with E-state index in [1.807, 2.05) is 0 Å². The van der Waals surface area contributed by atoms with Crippen LogP contribution >= 0.6 is 0 Å². The number of unbranched alkanes of at least 4 members (excludes halogenated alkanes) is 2. The Morgan fingerprint density at radius 1 is 1.57 bits per heavy atom. The molecule has 1 nitrogen and oxygen atoms in total. The topological polar surface area (TPSA) is 19.9 Å². The second-order valence-corrected chi connectivity index (χ2v) is 1.37. The molecule has 0 spiro atoms. The molecule has 0 unspecified atom stereocenters. The molecule has 0 amide bonds. The maximum absolute atomic E-state index is 9.60. The summed E-state index contributed by atoms with van der Waals surface area (Å²) in [5.41, 5.74) is 0. The van der Waals surface area contributed by atoms with Crippen molar-refractivity contribution in [2.24, 2.45) is 0 Å². The van der Waals surface area contributed by atoms with Crippen molar-refractivity contribution in [1.82, 2.24) is 0 Å². The molecule has 0 atom stereocenters. The largest absolute Gasteiger partial charge is 0.299 e. The van der Waals surface area contributed by atoms with E-state index in [0.717, 1.165) is 25.5 Å². The molecule has 2 radical (unpaired) electrons. The van der Waals surface area contributed by atoms with Gasteiger partial charge in [0.2, 0.25) is 0 Å². The van der Waals surface area contributed by atoms with Gasteiger partial charge < -0.3 is 0 Å². The quantitative estimate of drug-likeness (QED) is 0.379. The molecule has 0 rings (SSSR count). The molecule has 40 valence electrons. The summed E-state index contributed by atoms with van der Waals surface area (Å²) >= 11 is 0. The number of rotatable bonds is 3. The average molecular weight is 98.1 g/mol. The van der Waals surface area contributed by atoms with Crippen LogP contribution in [0.15, 0.2) is 12.3 Å². The van der Waals surface area contributed by atoms with E-state index < -0.39 is 0 Å². The van der Waals surface area contributed by atoms with Crippen LogP contribution in [0, 0.1) is 6.92 Å². The van der Waals surface area contributed by atoms with Crippen molar-refractivity contribution in [2.75, 3.05) is 0 Å². The smallest absolute Gasteiger partial charge is 0.138 e. The standard InChI is InChI=1S/C6H10O/c1-2-3-4-5-6-7/h5-6H,1-4H2. The first-order valence-corrected chi connectivity index (χ1v) is 2.48. The first-order valence-electron chi connectivity index (χ1n) is 2.48. The molecule has 0 aromatic rings. The molecule has 0 aromatic carbocycles. The van der Waals surface area contributed by atoms with Gasteiger partial charge in [0.1, 0.15) is 6.26 Å². The number of allylic oxidation sites excluding steroid dienone is 1. The van der Waals surface area contributed by atoms with E-state index in [2.05, 4.69) is 6.92 Å². The van der Waals surface area contributed by atoms with Crippen LogP contribution in [-0.2, 0) is 5.11 Å². The van der Waals surface area contributed by atoms with Crippen molar-refractivity contribution < 1.29 is 5.11 Å². The third-order valence-corrected chi connectivity index (χ3v) is 0.717. The highest BCUT2D eigenvalue weighted by Gasteiger charge is 1.74. The van der Waals surface area contributed by atoms with E-state index >= 15 is 0 Å². The number of hydrogen-bond acceptors (Lipinski definition) is 0. The van der Waals surface area contributed by atoms with E-state index in [4.69, 9.17) is 0 Å². The van der Waals surface area contributed by atoms with Gasteiger partial charge >= 0.3 is 0 Å². The third kappa shape index (κ3) is 5.54. The van der Waals surface area contributed by atoms with Crippen LogP contribution in [0.5, 0.6) is 0 Å². The predicted octanol–water partition coefficient (Wildman–Crippen LogP) is 1.93. The van der Waals surface area contributed by atoms with Gasteiger partial charge in [-0.25, -0.2) is 0 Å². The molecular formula is C6H10O. The lowest BCUT2D eigenvalue weighted by Gasteiger charge is -1.82. The Morgan fingerprint density at radius 2 is 2.29 bits per heavy atom. The zero-order valence-corrected chi connectivity index (χ0v) is 4.39. The Labute approximate surface area is 44.7 Å². The zero-order chi connectivity index (χ0) is 5.54. The minimum Gasteiger partial charge on any atom is -0.299 e. The molecule has 0 aromatic heterocycles. The predicted molar refractivity (Wildman–Crippen MR) is 29.0 cm³/mol. The number of hydrogen-bond donors (Lipinski definition) is 0. The van der Waals surface area contributed by atoms with E-state index in [9.17, 15) is 5.11 Å². The Kier molecular flexibility index (Phi) is 5.18. The summed E-state index contributed by atoms with van der Waals surface area (Å²) in [5.74, 6) is 0. The highest BCUT2D eigenvalue weighted by Crippen LogP contribution is 1.92. The van der Waals surface area contributed by atoms with Crippen molar-refractivity contribution in [2.45, 2.75) is 19.3 Å². The SMILES string of the molecule is [CH2]CCCC=C[O]. The molecule has 0 fully saturated rings. The summed E-state index contributed by atoms with van der Waals surface area (Å²) in [6, 6.07) is 0. The van der Waals surface area contributed by atoms with Gasteiger partial charge in [0.25, 0.3) is 0 Å². The van der Waals surface area contributed by atoms with Crippen LogP contribution < -0.4 is 0 Å². The monoisotopic (exact) mass is 98.1 g/mol. The van der Waals surface area contributed by atoms with Crippen LogP contribution in [0.1, 0.15) is 19.3 Å². The van der Waals surface area contributed by atoms with E-state index in [1.54, 1.807) is 6.08 Å². The molecule has 7 heavy (non-hydrogen) atoms. The van der Waals surface area contributed by atoms with Crippen LogP contribution in [0.4, 0.5) is 0 Å². The van der Waals surface area contributed by atoms with Gasteiger partial charge in [-0.05, 0) is 18.9 Å². The van der Waals surface area contributed by atoms with E-state index in [1.165, 1.54) is 0 Å². The first kappa shape index (κ1) is 6.54. The molecule has 0 aliphatic carbocycles. The van der Waals surface area contributed by atoms with Crippen LogP contribution in [0.3, 0.4) is 0 Å². The van der Waals surface area contributed by atoms with E-state index in [0.29, 0.717) is 0 Å². The van der Waals surface area contributed by atoms with Gasteiger partial charge in [-0.1, -0.05) is 13.3 Å². The summed E-state index contributed by atoms with van der Waals surface area (Å²) in [5, 5.41) is 9.60. The third-order valence-electron chi connectivity index (χ3n) is 0.717. The fraction of sp³-hybridized carbons (Fsp3) is 0.500. The van der Waals surface area contributed by atoms with Crippen molar-refractivity contribution in [3.63, 3.8) is 0 Å². The minimum atomic E-state index is 0.829. The van der Waals surface area contributed by atoms with Gasteiger partial charge in [-0.15, -0.1) is 0 Å². The molecule has 0 heterocycles. The average Bonchev–Trinajstić information content (AvgIpc) is 1.69. The van der Waals surface area contributed by atoms with Crippen LogP contribution in [0.25, 0.3) is 0 Å². The molecule has 0 aliphatic heterocycles. The van der Waals surface area contributed by atoms with Gasteiger partial charge in [0.15, 0.2) is 0 Å². The van der Waals surface area contributed by atoms with Gasteiger partial charge in [-0.2, -0.15) is 0 Å². The van der Waals surface area contributed by atoms with Crippen LogP contribution in [0.2, 0.25) is 0 Å². The molecule has 0 N–H and O–H groups in total. The molecule has 0 saturated carbocycles. The first-order chi connectivity index (χ1) is 3.41. The maximum atomic E-state index is 9.60. The maximum Gasteiger partial charge on any atom is 0.138 e. The summed E-state index contributed by atoms with van der Waals surface area (Å²) in [6.07, 6.45) is 5.27. The Balaban J connectivity index is 2.69. The van der Waals surface area contributed by atoms with Gasteiger partial charge in [0, 0.05) is 0 Å². The summed E-state index contributed by atoms with van der Waals surface area (Å²) in [7, 11) is 0. The van der Waals surface area contributed by atoms with E-state index in [-0.39, 0.29) is 0 Å². The Bertz CT molecular complexity index is 48.1. The second-order valence-electron chi connectivity index (χ2n) is 1.37. The Morgan fingerprint density at radius 3 is 2.71 bits per heavy atom. The van der Waals surface area contributed by atoms with Gasteiger partial charge in [-0.3, -0.25) is 5.11 Å². The molecule has 1 heteroatoms. The normalized spacial score (nSPS) is 10.4. The fourth-order valence-corrected chi connectivity index (χ4v) is 0.330. The molecule has 0 bridgehead atoms. The molecule has 0 aliphatic rings. The lowest BCUT2D eigenvalue weighted by molar-refractivity contribution is 0.349. The molecule has 0 saturated heterocycles.